The topological polar surface area (TPSA) is 76.3 Å². The Hall–Kier alpha value is -2.77. The Labute approximate surface area is 165 Å². The van der Waals surface area contributed by atoms with Gasteiger partial charge in [0.05, 0.1) is 15.5 Å². The second-order valence-corrected chi connectivity index (χ2v) is 7.28. The summed E-state index contributed by atoms with van der Waals surface area (Å²) in [5, 5.41) is 13.0. The number of carbonyl (C=O) groups is 1. The lowest BCUT2D eigenvalue weighted by atomic mass is 10.1. The van der Waals surface area contributed by atoms with Crippen molar-refractivity contribution in [3.63, 3.8) is 0 Å². The Kier molecular flexibility index (Phi) is 6.16. The Balaban J connectivity index is 1.84. The van der Waals surface area contributed by atoms with E-state index < -0.39 is 4.92 Å². The summed E-state index contributed by atoms with van der Waals surface area (Å²) in [4.78, 5) is 30.4. The molecule has 8 heteroatoms. The third-order valence-corrected chi connectivity index (χ3v) is 5.23. The van der Waals surface area contributed by atoms with E-state index >= 15 is 0 Å². The minimum Gasteiger partial charge on any atom is -0.334 e. The van der Waals surface area contributed by atoms with Crippen molar-refractivity contribution in [3.8, 4) is 0 Å². The number of thiophene rings is 1. The first kappa shape index (κ1) is 19.0. The summed E-state index contributed by atoms with van der Waals surface area (Å²) in [5.41, 5.74) is 1.00. The van der Waals surface area contributed by atoms with Crippen LogP contribution in [0.1, 0.15) is 20.8 Å². The molecule has 2 aromatic heterocycles. The number of benzene rings is 1. The maximum atomic E-state index is 13.1. The van der Waals surface area contributed by atoms with E-state index in [1.165, 1.54) is 23.1 Å². The molecule has 0 aliphatic rings. The second kappa shape index (κ2) is 8.75. The van der Waals surface area contributed by atoms with Crippen LogP contribution in [0.2, 0.25) is 5.02 Å². The first-order valence-corrected chi connectivity index (χ1v) is 9.45. The monoisotopic (exact) mass is 401 g/mol. The average molecular weight is 402 g/mol. The van der Waals surface area contributed by atoms with Gasteiger partial charge in [0.1, 0.15) is 0 Å². The van der Waals surface area contributed by atoms with Gasteiger partial charge in [-0.25, -0.2) is 0 Å². The molecule has 138 valence electrons. The smallest absolute Gasteiger partial charge is 0.270 e. The molecule has 6 nitrogen and oxygen atoms in total. The van der Waals surface area contributed by atoms with Crippen molar-refractivity contribution in [2.45, 2.75) is 13.0 Å². The van der Waals surface area contributed by atoms with Crippen LogP contribution in [-0.4, -0.2) is 27.3 Å². The Morgan fingerprint density at radius 1 is 1.26 bits per heavy atom. The van der Waals surface area contributed by atoms with Gasteiger partial charge < -0.3 is 4.90 Å². The highest BCUT2D eigenvalue weighted by Gasteiger charge is 2.21. The average Bonchev–Trinajstić information content (AvgIpc) is 3.19. The number of nitro benzene ring substituents is 1. The van der Waals surface area contributed by atoms with Crippen molar-refractivity contribution in [3.05, 3.63) is 91.4 Å². The van der Waals surface area contributed by atoms with Crippen LogP contribution < -0.4 is 0 Å². The summed E-state index contributed by atoms with van der Waals surface area (Å²) in [6.45, 7) is 0.882. The zero-order chi connectivity index (χ0) is 19.2. The van der Waals surface area contributed by atoms with E-state index in [0.717, 1.165) is 5.56 Å². The molecule has 0 aliphatic heterocycles. The quantitative estimate of drug-likeness (QED) is 0.428. The molecule has 3 aromatic rings. The van der Waals surface area contributed by atoms with E-state index in [-0.39, 0.29) is 22.2 Å². The van der Waals surface area contributed by atoms with Crippen molar-refractivity contribution in [2.75, 3.05) is 6.54 Å². The van der Waals surface area contributed by atoms with Gasteiger partial charge in [-0.1, -0.05) is 23.7 Å². The van der Waals surface area contributed by atoms with E-state index in [0.29, 0.717) is 19.5 Å². The number of nitrogens with zero attached hydrogens (tertiary/aromatic N) is 3. The Bertz CT molecular complexity index is 933. The molecule has 0 bridgehead atoms. The number of hydrogen-bond donors (Lipinski definition) is 0. The molecule has 0 atom stereocenters. The van der Waals surface area contributed by atoms with Crippen LogP contribution in [0.3, 0.4) is 0 Å². The van der Waals surface area contributed by atoms with Crippen LogP contribution in [0.25, 0.3) is 0 Å². The van der Waals surface area contributed by atoms with Crippen LogP contribution in [0.4, 0.5) is 5.69 Å². The van der Waals surface area contributed by atoms with Crippen molar-refractivity contribution >= 4 is 34.5 Å². The van der Waals surface area contributed by atoms with Gasteiger partial charge in [0.15, 0.2) is 0 Å². The van der Waals surface area contributed by atoms with Gasteiger partial charge in [-0.2, -0.15) is 0 Å². The van der Waals surface area contributed by atoms with Gasteiger partial charge in [-0.05, 0) is 35.6 Å². The highest BCUT2D eigenvalue weighted by atomic mass is 35.5. The summed E-state index contributed by atoms with van der Waals surface area (Å²) in [7, 11) is 0. The highest BCUT2D eigenvalue weighted by molar-refractivity contribution is 7.09. The van der Waals surface area contributed by atoms with E-state index in [2.05, 4.69) is 4.98 Å². The molecule has 0 aliphatic carbocycles. The van der Waals surface area contributed by atoms with Gasteiger partial charge in [0, 0.05) is 42.5 Å². The lowest BCUT2D eigenvalue weighted by Gasteiger charge is -2.23. The molecule has 0 saturated heterocycles. The lowest BCUT2D eigenvalue weighted by Crippen LogP contribution is -2.32. The van der Waals surface area contributed by atoms with Crippen LogP contribution in [0.5, 0.6) is 0 Å². The first-order valence-electron chi connectivity index (χ1n) is 8.19. The number of rotatable bonds is 7. The number of aromatic nitrogens is 1. The number of carbonyl (C=O) groups excluding carboxylic acids is 1. The molecule has 0 spiro atoms. The third-order valence-electron chi connectivity index (χ3n) is 3.99. The third kappa shape index (κ3) is 4.90. The maximum absolute atomic E-state index is 13.1. The van der Waals surface area contributed by atoms with E-state index in [4.69, 9.17) is 11.6 Å². The number of nitro groups is 1. The fourth-order valence-electron chi connectivity index (χ4n) is 2.63. The fraction of sp³-hybridized carbons (Fsp3) is 0.158. The molecule has 0 fully saturated rings. The molecule has 1 aromatic carbocycles. The molecule has 3 rings (SSSR count). The molecule has 0 radical (unpaired) electrons. The van der Waals surface area contributed by atoms with Crippen molar-refractivity contribution in [1.29, 1.82) is 0 Å². The minimum atomic E-state index is -0.537. The predicted octanol–water partition coefficient (Wildman–Crippen LogP) is 4.59. The SMILES string of the molecule is O=C(c1ccc([N+](=O)[O-])cc1Cl)N(CCc1cccs1)Cc1cccnc1. The summed E-state index contributed by atoms with van der Waals surface area (Å²) in [6, 6.07) is 11.6. The zero-order valence-corrected chi connectivity index (χ0v) is 15.8. The highest BCUT2D eigenvalue weighted by Crippen LogP contribution is 2.24. The first-order chi connectivity index (χ1) is 13.0. The van der Waals surface area contributed by atoms with Crippen molar-refractivity contribution < 1.29 is 9.72 Å². The number of hydrogen-bond acceptors (Lipinski definition) is 5. The molecular weight excluding hydrogens is 386 g/mol. The fourth-order valence-corrected chi connectivity index (χ4v) is 3.58. The van der Waals surface area contributed by atoms with Crippen LogP contribution in [-0.2, 0) is 13.0 Å². The van der Waals surface area contributed by atoms with Crippen LogP contribution in [0, 0.1) is 10.1 Å². The lowest BCUT2D eigenvalue weighted by molar-refractivity contribution is -0.384. The summed E-state index contributed by atoms with van der Waals surface area (Å²) < 4.78 is 0. The molecule has 0 unspecified atom stereocenters. The van der Waals surface area contributed by atoms with Gasteiger partial charge in [-0.3, -0.25) is 19.9 Å². The van der Waals surface area contributed by atoms with Gasteiger partial charge in [0.2, 0.25) is 0 Å². The number of amides is 1. The number of pyridine rings is 1. The van der Waals surface area contributed by atoms with Crippen molar-refractivity contribution in [1.82, 2.24) is 9.88 Å². The van der Waals surface area contributed by atoms with Gasteiger partial charge in [-0.15, -0.1) is 11.3 Å². The standard InChI is InChI=1S/C19H16ClN3O3S/c20-18-11-15(23(25)26)5-6-17(18)19(24)22(9-7-16-4-2-10-27-16)13-14-3-1-8-21-12-14/h1-6,8,10-12H,7,9,13H2. The maximum Gasteiger partial charge on any atom is 0.270 e. The van der Waals surface area contributed by atoms with Gasteiger partial charge in [0.25, 0.3) is 11.6 Å². The molecule has 1 amide bonds. The predicted molar refractivity (Wildman–Crippen MR) is 105 cm³/mol. The largest absolute Gasteiger partial charge is 0.334 e. The summed E-state index contributed by atoms with van der Waals surface area (Å²) >= 11 is 7.79. The van der Waals surface area contributed by atoms with E-state index in [1.54, 1.807) is 28.6 Å². The van der Waals surface area contributed by atoms with E-state index in [9.17, 15) is 14.9 Å². The second-order valence-electron chi connectivity index (χ2n) is 5.84. The molecular formula is C19H16ClN3O3S. The molecule has 2 heterocycles. The molecule has 0 saturated carbocycles. The van der Waals surface area contributed by atoms with Crippen LogP contribution in [0.15, 0.2) is 60.2 Å². The number of halogens is 1. The zero-order valence-electron chi connectivity index (χ0n) is 14.2. The molecule has 27 heavy (non-hydrogen) atoms. The number of non-ortho nitro benzene ring substituents is 1. The summed E-state index contributed by atoms with van der Waals surface area (Å²) in [5.74, 6) is -0.268. The van der Waals surface area contributed by atoms with Gasteiger partial charge >= 0.3 is 0 Å². The van der Waals surface area contributed by atoms with Crippen molar-refractivity contribution in [2.24, 2.45) is 0 Å². The molecule has 0 N–H and O–H groups in total. The normalized spacial score (nSPS) is 10.6. The Morgan fingerprint density at radius 3 is 2.74 bits per heavy atom. The summed E-state index contributed by atoms with van der Waals surface area (Å²) in [6.07, 6.45) is 4.10. The minimum absolute atomic E-state index is 0.0708. The van der Waals surface area contributed by atoms with Crippen LogP contribution >= 0.6 is 22.9 Å². The Morgan fingerprint density at radius 2 is 2.11 bits per heavy atom. The van der Waals surface area contributed by atoms with E-state index in [1.807, 2.05) is 29.6 Å².